The first-order chi connectivity index (χ1) is 12.3. The molecule has 0 spiro atoms. The van der Waals surface area contributed by atoms with Crippen molar-refractivity contribution in [2.45, 2.75) is 57.5 Å². The van der Waals surface area contributed by atoms with Crippen molar-refractivity contribution in [1.29, 1.82) is 0 Å². The van der Waals surface area contributed by atoms with Crippen LogP contribution in [0.1, 0.15) is 67.6 Å². The Morgan fingerprint density at radius 2 is 2.20 bits per heavy atom. The fourth-order valence-corrected chi connectivity index (χ4v) is 4.86. The molecule has 3 aromatic heterocycles. The van der Waals surface area contributed by atoms with Gasteiger partial charge in [0.2, 0.25) is 5.89 Å². The summed E-state index contributed by atoms with van der Waals surface area (Å²) in [5.41, 5.74) is 0. The third-order valence-corrected chi connectivity index (χ3v) is 6.70. The van der Waals surface area contributed by atoms with Crippen LogP contribution in [0.5, 0.6) is 0 Å². The predicted octanol–water partition coefficient (Wildman–Crippen LogP) is 5.15. The van der Waals surface area contributed by atoms with E-state index in [4.69, 9.17) is 4.52 Å². The van der Waals surface area contributed by atoms with Gasteiger partial charge in [0.05, 0.1) is 10.9 Å². The van der Waals surface area contributed by atoms with Crippen LogP contribution in [0, 0.1) is 0 Å². The van der Waals surface area contributed by atoms with Crippen LogP contribution in [0.4, 0.5) is 0 Å². The summed E-state index contributed by atoms with van der Waals surface area (Å²) in [4.78, 5) is 11.6. The SMILES string of the molecule is CC(NCc1cnc(-c2cccs2)s1)c1nc(C2CCCCC2)no1. The van der Waals surface area contributed by atoms with Gasteiger partial charge in [-0.15, -0.1) is 22.7 Å². The second-order valence-corrected chi connectivity index (χ2v) is 8.60. The lowest BCUT2D eigenvalue weighted by Crippen LogP contribution is -2.18. The van der Waals surface area contributed by atoms with Crippen LogP contribution in [0.3, 0.4) is 0 Å². The first kappa shape index (κ1) is 16.9. The van der Waals surface area contributed by atoms with Gasteiger partial charge < -0.3 is 9.84 Å². The summed E-state index contributed by atoms with van der Waals surface area (Å²) in [7, 11) is 0. The Labute approximate surface area is 155 Å². The molecule has 1 unspecified atom stereocenters. The Morgan fingerprint density at radius 3 is 3.00 bits per heavy atom. The molecule has 1 fully saturated rings. The van der Waals surface area contributed by atoms with E-state index in [2.05, 4.69) is 44.9 Å². The summed E-state index contributed by atoms with van der Waals surface area (Å²) in [5, 5.41) is 10.8. The first-order valence-electron chi connectivity index (χ1n) is 8.85. The summed E-state index contributed by atoms with van der Waals surface area (Å²) in [6.45, 7) is 2.82. The average Bonchev–Trinajstić information content (AvgIpc) is 3.41. The molecule has 25 heavy (non-hydrogen) atoms. The van der Waals surface area contributed by atoms with Crippen molar-refractivity contribution in [3.8, 4) is 9.88 Å². The number of rotatable bonds is 6. The lowest BCUT2D eigenvalue weighted by atomic mass is 9.89. The van der Waals surface area contributed by atoms with E-state index in [-0.39, 0.29) is 6.04 Å². The largest absolute Gasteiger partial charge is 0.338 e. The van der Waals surface area contributed by atoms with Crippen molar-refractivity contribution in [2.75, 3.05) is 0 Å². The molecule has 0 aromatic carbocycles. The molecule has 7 heteroatoms. The van der Waals surface area contributed by atoms with Crippen LogP contribution in [0.2, 0.25) is 0 Å². The molecule has 0 aliphatic heterocycles. The first-order valence-corrected chi connectivity index (χ1v) is 10.5. The fraction of sp³-hybridized carbons (Fsp3) is 0.500. The average molecular weight is 375 g/mol. The standard InChI is InChI=1S/C18H22N4OS2/c1-12(17-21-16(22-23-17)13-6-3-2-4-7-13)19-10-14-11-20-18(25-14)15-8-5-9-24-15/h5,8-9,11-13,19H,2-4,6-7,10H2,1H3. The van der Waals surface area contributed by atoms with Crippen molar-refractivity contribution in [3.63, 3.8) is 0 Å². The number of hydrogen-bond donors (Lipinski definition) is 1. The Hall–Kier alpha value is -1.57. The zero-order valence-electron chi connectivity index (χ0n) is 14.3. The zero-order valence-corrected chi connectivity index (χ0v) is 15.9. The number of thiophene rings is 1. The van der Waals surface area contributed by atoms with Crippen LogP contribution < -0.4 is 5.32 Å². The van der Waals surface area contributed by atoms with Gasteiger partial charge in [-0.2, -0.15) is 4.98 Å². The molecule has 0 amide bonds. The molecule has 1 aliphatic rings. The van der Waals surface area contributed by atoms with Gasteiger partial charge in [-0.25, -0.2) is 4.98 Å². The van der Waals surface area contributed by atoms with Gasteiger partial charge in [-0.1, -0.05) is 30.5 Å². The molecule has 4 rings (SSSR count). The van der Waals surface area contributed by atoms with Gasteiger partial charge in [0.25, 0.3) is 0 Å². The van der Waals surface area contributed by atoms with Crippen LogP contribution >= 0.6 is 22.7 Å². The molecule has 1 N–H and O–H groups in total. The number of nitrogens with one attached hydrogen (secondary N) is 1. The number of aromatic nitrogens is 3. The molecule has 0 saturated heterocycles. The molecular weight excluding hydrogens is 352 g/mol. The molecule has 3 heterocycles. The monoisotopic (exact) mass is 374 g/mol. The fourth-order valence-electron chi connectivity index (χ4n) is 3.19. The highest BCUT2D eigenvalue weighted by atomic mass is 32.1. The van der Waals surface area contributed by atoms with E-state index < -0.39 is 0 Å². The topological polar surface area (TPSA) is 63.8 Å². The van der Waals surface area contributed by atoms with Crippen LogP contribution in [-0.4, -0.2) is 15.1 Å². The third kappa shape index (κ3) is 3.99. The zero-order chi connectivity index (χ0) is 17.1. The maximum absolute atomic E-state index is 5.50. The van der Waals surface area contributed by atoms with Gasteiger partial charge in [-0.05, 0) is 31.2 Å². The number of thiazole rings is 1. The number of nitrogens with zero attached hydrogens (tertiary/aromatic N) is 3. The Kier molecular flexibility index (Phi) is 5.24. The van der Waals surface area contributed by atoms with Crippen molar-refractivity contribution >= 4 is 22.7 Å². The molecule has 132 valence electrons. The van der Waals surface area contributed by atoms with Gasteiger partial charge in [0.1, 0.15) is 5.01 Å². The summed E-state index contributed by atoms with van der Waals surface area (Å²) < 4.78 is 5.50. The third-order valence-electron chi connectivity index (χ3n) is 4.67. The van der Waals surface area contributed by atoms with Crippen LogP contribution in [0.25, 0.3) is 9.88 Å². The Morgan fingerprint density at radius 1 is 1.32 bits per heavy atom. The molecule has 1 atom stereocenters. The highest BCUT2D eigenvalue weighted by molar-refractivity contribution is 7.20. The quantitative estimate of drug-likeness (QED) is 0.646. The molecule has 1 aliphatic carbocycles. The molecule has 3 aromatic rings. The lowest BCUT2D eigenvalue weighted by Gasteiger charge is -2.17. The van der Waals surface area contributed by atoms with E-state index in [1.165, 1.54) is 41.9 Å². The molecule has 1 saturated carbocycles. The molecule has 5 nitrogen and oxygen atoms in total. The lowest BCUT2D eigenvalue weighted by molar-refractivity contribution is 0.329. The van der Waals surface area contributed by atoms with Gasteiger partial charge in [-0.3, -0.25) is 0 Å². The van der Waals surface area contributed by atoms with Gasteiger partial charge in [0.15, 0.2) is 5.82 Å². The van der Waals surface area contributed by atoms with Crippen molar-refractivity contribution in [2.24, 2.45) is 0 Å². The van der Waals surface area contributed by atoms with Crippen molar-refractivity contribution < 1.29 is 4.52 Å². The number of hydrogen-bond acceptors (Lipinski definition) is 7. The van der Waals surface area contributed by atoms with Gasteiger partial charge in [0, 0.05) is 23.5 Å². The smallest absolute Gasteiger partial charge is 0.243 e. The Balaban J connectivity index is 1.34. The summed E-state index contributed by atoms with van der Waals surface area (Å²) in [6.07, 6.45) is 8.21. The van der Waals surface area contributed by atoms with E-state index in [9.17, 15) is 0 Å². The molecule has 0 bridgehead atoms. The summed E-state index contributed by atoms with van der Waals surface area (Å²) in [5.74, 6) is 2.05. The highest BCUT2D eigenvalue weighted by Crippen LogP contribution is 2.32. The van der Waals surface area contributed by atoms with E-state index in [1.54, 1.807) is 22.7 Å². The van der Waals surface area contributed by atoms with Crippen LogP contribution in [0.15, 0.2) is 28.2 Å². The Bertz CT molecular complexity index is 790. The summed E-state index contributed by atoms with van der Waals surface area (Å²) in [6, 6.07) is 4.20. The molecule has 0 radical (unpaired) electrons. The van der Waals surface area contributed by atoms with Crippen molar-refractivity contribution in [3.05, 3.63) is 40.3 Å². The normalized spacial score (nSPS) is 17.0. The minimum Gasteiger partial charge on any atom is -0.338 e. The van der Waals surface area contributed by atoms with Crippen LogP contribution in [-0.2, 0) is 6.54 Å². The molecular formula is C18H22N4OS2. The minimum atomic E-state index is 0.0390. The van der Waals surface area contributed by atoms with E-state index in [0.717, 1.165) is 17.4 Å². The maximum Gasteiger partial charge on any atom is 0.243 e. The van der Waals surface area contributed by atoms with Gasteiger partial charge >= 0.3 is 0 Å². The maximum atomic E-state index is 5.50. The van der Waals surface area contributed by atoms with Crippen molar-refractivity contribution in [1.82, 2.24) is 20.4 Å². The van der Waals surface area contributed by atoms with E-state index in [0.29, 0.717) is 11.8 Å². The predicted molar refractivity (Wildman–Crippen MR) is 101 cm³/mol. The highest BCUT2D eigenvalue weighted by Gasteiger charge is 2.22. The summed E-state index contributed by atoms with van der Waals surface area (Å²) >= 11 is 3.45. The van der Waals surface area contributed by atoms with E-state index in [1.807, 2.05) is 6.20 Å². The van der Waals surface area contributed by atoms with E-state index >= 15 is 0 Å². The second kappa shape index (κ2) is 7.76. The second-order valence-electron chi connectivity index (χ2n) is 6.54. The minimum absolute atomic E-state index is 0.0390.